The maximum atomic E-state index is 13.7. The SMILES string of the molecule is Cc1cc(N2CCC[C@@H](CCC(=O)NCc3ccccc3F)C2)nc(N(C)C)n1. The third kappa shape index (κ3) is 5.89. The maximum Gasteiger partial charge on any atom is 0.226 e. The molecule has 1 saturated heterocycles. The smallest absolute Gasteiger partial charge is 0.226 e. The van der Waals surface area contributed by atoms with Crippen molar-refractivity contribution in [2.75, 3.05) is 37.0 Å². The number of nitrogens with zero attached hydrogens (tertiary/aromatic N) is 4. The number of carbonyl (C=O) groups excluding carboxylic acids is 1. The van der Waals surface area contributed by atoms with Crippen molar-refractivity contribution in [3.63, 3.8) is 0 Å². The van der Waals surface area contributed by atoms with Crippen LogP contribution in [0.1, 0.15) is 36.9 Å². The summed E-state index contributed by atoms with van der Waals surface area (Å²) in [6, 6.07) is 8.55. The number of hydrogen-bond acceptors (Lipinski definition) is 5. The topological polar surface area (TPSA) is 61.4 Å². The molecule has 3 rings (SSSR count). The van der Waals surface area contributed by atoms with Gasteiger partial charge >= 0.3 is 0 Å². The number of piperidine rings is 1. The molecule has 1 atom stereocenters. The van der Waals surface area contributed by atoms with Crippen LogP contribution in [0.15, 0.2) is 30.3 Å². The maximum absolute atomic E-state index is 13.7. The number of rotatable bonds is 7. The zero-order valence-corrected chi connectivity index (χ0v) is 17.5. The molecule has 0 radical (unpaired) electrons. The molecule has 0 aliphatic carbocycles. The van der Waals surface area contributed by atoms with E-state index in [0.717, 1.165) is 49.8 Å². The Morgan fingerprint density at radius 3 is 2.86 bits per heavy atom. The molecule has 6 nitrogen and oxygen atoms in total. The highest BCUT2D eigenvalue weighted by molar-refractivity contribution is 5.75. The Hall–Kier alpha value is -2.70. The molecule has 1 aliphatic rings. The number of benzene rings is 1. The minimum atomic E-state index is -0.284. The Kier molecular flexibility index (Phi) is 7.01. The van der Waals surface area contributed by atoms with Crippen LogP contribution in [-0.2, 0) is 11.3 Å². The van der Waals surface area contributed by atoms with Gasteiger partial charge in [-0.3, -0.25) is 4.79 Å². The van der Waals surface area contributed by atoms with Crippen molar-refractivity contribution < 1.29 is 9.18 Å². The zero-order valence-electron chi connectivity index (χ0n) is 17.5. The summed E-state index contributed by atoms with van der Waals surface area (Å²) in [6.07, 6.45) is 3.48. The van der Waals surface area contributed by atoms with Gasteiger partial charge in [0.25, 0.3) is 0 Å². The summed E-state index contributed by atoms with van der Waals surface area (Å²) in [6.45, 7) is 4.08. The Balaban J connectivity index is 1.51. The van der Waals surface area contributed by atoms with Crippen LogP contribution < -0.4 is 15.1 Å². The van der Waals surface area contributed by atoms with Gasteiger partial charge in [-0.15, -0.1) is 0 Å². The highest BCUT2D eigenvalue weighted by Gasteiger charge is 2.22. The van der Waals surface area contributed by atoms with Crippen LogP contribution in [0.2, 0.25) is 0 Å². The van der Waals surface area contributed by atoms with Gasteiger partial charge < -0.3 is 15.1 Å². The van der Waals surface area contributed by atoms with E-state index in [-0.39, 0.29) is 18.3 Å². The zero-order chi connectivity index (χ0) is 20.8. The number of carbonyl (C=O) groups is 1. The largest absolute Gasteiger partial charge is 0.356 e. The summed E-state index contributed by atoms with van der Waals surface area (Å²) >= 11 is 0. The number of aromatic nitrogens is 2. The lowest BCUT2D eigenvalue weighted by molar-refractivity contribution is -0.121. The van der Waals surface area contributed by atoms with Crippen LogP contribution in [-0.4, -0.2) is 43.1 Å². The minimum Gasteiger partial charge on any atom is -0.356 e. The van der Waals surface area contributed by atoms with E-state index in [0.29, 0.717) is 17.9 Å². The molecule has 1 aromatic heterocycles. The van der Waals surface area contributed by atoms with Crippen molar-refractivity contribution in [1.82, 2.24) is 15.3 Å². The first-order valence-corrected chi connectivity index (χ1v) is 10.2. The fraction of sp³-hybridized carbons (Fsp3) is 0.500. The van der Waals surface area contributed by atoms with E-state index in [9.17, 15) is 9.18 Å². The molecule has 1 fully saturated rings. The van der Waals surface area contributed by atoms with Gasteiger partial charge in [0, 0.05) is 57.5 Å². The number of anilines is 2. The molecule has 1 N–H and O–H groups in total. The van der Waals surface area contributed by atoms with Crippen LogP contribution in [0.3, 0.4) is 0 Å². The van der Waals surface area contributed by atoms with E-state index in [4.69, 9.17) is 0 Å². The lowest BCUT2D eigenvalue weighted by atomic mass is 9.93. The van der Waals surface area contributed by atoms with E-state index < -0.39 is 0 Å². The number of aryl methyl sites for hydroxylation is 1. The van der Waals surface area contributed by atoms with Gasteiger partial charge in [-0.1, -0.05) is 18.2 Å². The second-order valence-electron chi connectivity index (χ2n) is 7.92. The van der Waals surface area contributed by atoms with Gasteiger partial charge in [0.1, 0.15) is 11.6 Å². The summed E-state index contributed by atoms with van der Waals surface area (Å²) in [5.74, 6) is 1.80. The second-order valence-corrected chi connectivity index (χ2v) is 7.92. The van der Waals surface area contributed by atoms with E-state index in [2.05, 4.69) is 20.2 Å². The van der Waals surface area contributed by atoms with E-state index in [1.54, 1.807) is 18.2 Å². The van der Waals surface area contributed by atoms with Gasteiger partial charge in [0.2, 0.25) is 11.9 Å². The summed E-state index contributed by atoms with van der Waals surface area (Å²) in [5.41, 5.74) is 1.47. The van der Waals surface area contributed by atoms with Gasteiger partial charge in [-0.25, -0.2) is 9.37 Å². The first-order chi connectivity index (χ1) is 13.9. The van der Waals surface area contributed by atoms with E-state index in [1.807, 2.05) is 32.0 Å². The van der Waals surface area contributed by atoms with Crippen molar-refractivity contribution in [3.05, 3.63) is 47.4 Å². The Labute approximate surface area is 172 Å². The highest BCUT2D eigenvalue weighted by atomic mass is 19.1. The van der Waals surface area contributed by atoms with Gasteiger partial charge in [-0.05, 0) is 38.2 Å². The normalized spacial score (nSPS) is 16.6. The summed E-state index contributed by atoms with van der Waals surface area (Å²) < 4.78 is 13.7. The molecule has 7 heteroatoms. The Bertz CT molecular complexity index is 842. The molecule has 1 amide bonds. The number of hydrogen-bond donors (Lipinski definition) is 1. The molecule has 156 valence electrons. The Morgan fingerprint density at radius 1 is 1.31 bits per heavy atom. The van der Waals surface area contributed by atoms with E-state index in [1.165, 1.54) is 6.07 Å². The highest BCUT2D eigenvalue weighted by Crippen LogP contribution is 2.26. The molecule has 1 aliphatic heterocycles. The quantitative estimate of drug-likeness (QED) is 0.774. The number of halogens is 1. The molecule has 0 unspecified atom stereocenters. The van der Waals surface area contributed by atoms with Gasteiger partial charge in [-0.2, -0.15) is 4.98 Å². The van der Waals surface area contributed by atoms with Crippen molar-refractivity contribution in [2.45, 2.75) is 39.2 Å². The summed E-state index contributed by atoms with van der Waals surface area (Å²) in [5, 5.41) is 2.83. The lowest BCUT2D eigenvalue weighted by Gasteiger charge is -2.34. The number of amides is 1. The molecule has 0 bridgehead atoms. The summed E-state index contributed by atoms with van der Waals surface area (Å²) in [7, 11) is 3.88. The van der Waals surface area contributed by atoms with Crippen molar-refractivity contribution >= 4 is 17.7 Å². The minimum absolute atomic E-state index is 0.0295. The molecule has 29 heavy (non-hydrogen) atoms. The first-order valence-electron chi connectivity index (χ1n) is 10.2. The van der Waals surface area contributed by atoms with Crippen LogP contribution in [0.4, 0.5) is 16.2 Å². The van der Waals surface area contributed by atoms with Gasteiger partial charge in [0.05, 0.1) is 0 Å². The van der Waals surface area contributed by atoms with Crippen molar-refractivity contribution in [3.8, 4) is 0 Å². The molecular formula is C22H30FN5O. The first kappa shape index (κ1) is 21.0. The monoisotopic (exact) mass is 399 g/mol. The second kappa shape index (κ2) is 9.67. The van der Waals surface area contributed by atoms with Crippen LogP contribution in [0, 0.1) is 18.7 Å². The average Bonchev–Trinajstić information content (AvgIpc) is 2.71. The standard InChI is InChI=1S/C22H30FN5O/c1-16-13-20(26-22(25-16)27(2)3)28-12-6-7-17(15-28)10-11-21(29)24-14-18-8-4-5-9-19(18)23/h4-5,8-9,13,17H,6-7,10-12,14-15H2,1-3H3,(H,24,29)/t17-/m0/s1. The van der Waals surface area contributed by atoms with Crippen molar-refractivity contribution in [2.24, 2.45) is 5.92 Å². The van der Waals surface area contributed by atoms with Crippen molar-refractivity contribution in [1.29, 1.82) is 0 Å². The Morgan fingerprint density at radius 2 is 2.10 bits per heavy atom. The lowest BCUT2D eigenvalue weighted by Crippen LogP contribution is -2.37. The molecule has 2 aromatic rings. The van der Waals surface area contributed by atoms with Crippen LogP contribution in [0.5, 0.6) is 0 Å². The average molecular weight is 400 g/mol. The molecule has 0 spiro atoms. The molecule has 2 heterocycles. The predicted octanol–water partition coefficient (Wildman–Crippen LogP) is 3.30. The van der Waals surface area contributed by atoms with Crippen LogP contribution in [0.25, 0.3) is 0 Å². The third-order valence-electron chi connectivity index (χ3n) is 5.29. The predicted molar refractivity (Wildman–Crippen MR) is 114 cm³/mol. The molecule has 0 saturated carbocycles. The number of nitrogens with one attached hydrogen (secondary N) is 1. The summed E-state index contributed by atoms with van der Waals surface area (Å²) in [4.78, 5) is 25.6. The van der Waals surface area contributed by atoms with Crippen LogP contribution >= 0.6 is 0 Å². The fourth-order valence-corrected chi connectivity index (χ4v) is 3.67. The molecular weight excluding hydrogens is 369 g/mol. The third-order valence-corrected chi connectivity index (χ3v) is 5.29. The van der Waals surface area contributed by atoms with E-state index >= 15 is 0 Å². The fourth-order valence-electron chi connectivity index (χ4n) is 3.67. The molecule has 1 aromatic carbocycles. The van der Waals surface area contributed by atoms with Gasteiger partial charge in [0.15, 0.2) is 0 Å².